The van der Waals surface area contributed by atoms with Crippen LogP contribution in [0.1, 0.15) is 25.5 Å². The molecule has 1 atom stereocenters. The predicted molar refractivity (Wildman–Crippen MR) is 114 cm³/mol. The minimum atomic E-state index is -0.359. The summed E-state index contributed by atoms with van der Waals surface area (Å²) in [5.74, 6) is -0.375. The summed E-state index contributed by atoms with van der Waals surface area (Å²) in [6, 6.07) is 15.3. The van der Waals surface area contributed by atoms with Gasteiger partial charge < -0.3 is 20.4 Å². The van der Waals surface area contributed by atoms with Crippen LogP contribution in [0.4, 0.5) is 10.1 Å². The first-order chi connectivity index (χ1) is 14.4. The maximum atomic E-state index is 13.2. The molecule has 7 heteroatoms. The van der Waals surface area contributed by atoms with Crippen molar-refractivity contribution >= 4 is 17.5 Å². The van der Waals surface area contributed by atoms with E-state index < -0.39 is 0 Å². The number of hydrogen-bond donors (Lipinski definition) is 4. The molecule has 0 bridgehead atoms. The second-order valence-electron chi connectivity index (χ2n) is 8.15. The number of rotatable bonds is 7. The minimum Gasteiger partial charge on any atom is -0.349 e. The number of nitrogens with one attached hydrogen (secondary N) is 4. The maximum absolute atomic E-state index is 13.2. The summed E-state index contributed by atoms with van der Waals surface area (Å²) >= 11 is 0. The van der Waals surface area contributed by atoms with Crippen molar-refractivity contribution in [2.45, 2.75) is 25.9 Å². The van der Waals surface area contributed by atoms with Crippen molar-refractivity contribution in [2.75, 3.05) is 38.0 Å². The Hall–Kier alpha value is -2.77. The Morgan fingerprint density at radius 2 is 1.60 bits per heavy atom. The molecule has 160 valence electrons. The predicted octanol–water partition coefficient (Wildman–Crippen LogP) is -0.186. The molecule has 0 radical (unpaired) electrons. The van der Waals surface area contributed by atoms with Crippen LogP contribution in [0, 0.1) is 5.82 Å². The molecule has 4 N–H and O–H groups in total. The summed E-state index contributed by atoms with van der Waals surface area (Å²) in [5.41, 5.74) is 1.53. The average molecular weight is 415 g/mol. The van der Waals surface area contributed by atoms with Crippen LogP contribution in [0.15, 0.2) is 54.6 Å². The van der Waals surface area contributed by atoms with Gasteiger partial charge in [0.25, 0.3) is 11.8 Å². The highest BCUT2D eigenvalue weighted by Gasteiger charge is 2.36. The molecule has 30 heavy (non-hydrogen) atoms. The number of hydrogen-bond acceptors (Lipinski definition) is 2. The summed E-state index contributed by atoms with van der Waals surface area (Å²) in [7, 11) is 0. The van der Waals surface area contributed by atoms with E-state index >= 15 is 0 Å². The van der Waals surface area contributed by atoms with Gasteiger partial charge in [-0.05, 0) is 38.1 Å². The molecule has 1 aliphatic rings. The first kappa shape index (κ1) is 21.9. The third kappa shape index (κ3) is 6.11. The zero-order chi connectivity index (χ0) is 21.5. The first-order valence-electron chi connectivity index (χ1n) is 10.5. The number of benzene rings is 2. The maximum Gasteiger partial charge on any atom is 0.287 e. The summed E-state index contributed by atoms with van der Waals surface area (Å²) in [5, 5.41) is 5.87. The lowest BCUT2D eigenvalue weighted by Crippen LogP contribution is -3.28. The molecular weight excluding hydrogens is 383 g/mol. The number of carbonyl (C=O) groups excluding carboxylic acids is 2. The zero-order valence-corrected chi connectivity index (χ0v) is 17.6. The van der Waals surface area contributed by atoms with Gasteiger partial charge >= 0.3 is 0 Å². The van der Waals surface area contributed by atoms with Crippen LogP contribution in [0.5, 0.6) is 0 Å². The summed E-state index contributed by atoms with van der Waals surface area (Å²) in [6.07, 6.45) is 0. The van der Waals surface area contributed by atoms with E-state index in [2.05, 4.69) is 10.6 Å². The largest absolute Gasteiger partial charge is 0.349 e. The summed E-state index contributed by atoms with van der Waals surface area (Å²) in [4.78, 5) is 27.7. The summed E-state index contributed by atoms with van der Waals surface area (Å²) < 4.78 is 13.2. The van der Waals surface area contributed by atoms with Gasteiger partial charge in [0.1, 0.15) is 32.0 Å². The Morgan fingerprint density at radius 3 is 2.20 bits per heavy atom. The van der Waals surface area contributed by atoms with Gasteiger partial charge in [-0.3, -0.25) is 9.59 Å². The first-order valence-corrected chi connectivity index (χ1v) is 10.5. The van der Waals surface area contributed by atoms with Gasteiger partial charge in [-0.25, -0.2) is 4.39 Å². The van der Waals surface area contributed by atoms with Gasteiger partial charge in [0.15, 0.2) is 12.6 Å². The van der Waals surface area contributed by atoms with Crippen molar-refractivity contribution < 1.29 is 23.8 Å². The highest BCUT2D eigenvalue weighted by molar-refractivity contribution is 5.94. The molecule has 0 aromatic heterocycles. The van der Waals surface area contributed by atoms with Crippen LogP contribution in [0.25, 0.3) is 0 Å². The number of amides is 2. The molecule has 2 aromatic rings. The van der Waals surface area contributed by atoms with Crippen LogP contribution in [0.3, 0.4) is 0 Å². The van der Waals surface area contributed by atoms with E-state index in [1.165, 1.54) is 21.9 Å². The molecule has 2 aromatic carbocycles. The number of anilines is 1. The lowest BCUT2D eigenvalue weighted by atomic mass is 10.0. The highest BCUT2D eigenvalue weighted by atomic mass is 19.1. The lowest BCUT2D eigenvalue weighted by molar-refractivity contribution is -1.02. The van der Waals surface area contributed by atoms with E-state index in [0.29, 0.717) is 12.2 Å². The lowest BCUT2D eigenvalue weighted by Gasteiger charge is -2.34. The van der Waals surface area contributed by atoms with Crippen LogP contribution in [0.2, 0.25) is 0 Å². The molecule has 1 saturated heterocycles. The van der Waals surface area contributed by atoms with Gasteiger partial charge in [0.05, 0.1) is 0 Å². The molecule has 1 heterocycles. The molecule has 0 spiro atoms. The van der Waals surface area contributed by atoms with E-state index in [1.54, 1.807) is 12.1 Å². The molecule has 6 nitrogen and oxygen atoms in total. The number of piperazine rings is 1. The van der Waals surface area contributed by atoms with Gasteiger partial charge in [-0.15, -0.1) is 0 Å². The fourth-order valence-corrected chi connectivity index (χ4v) is 3.96. The van der Waals surface area contributed by atoms with Gasteiger partial charge in [0.2, 0.25) is 0 Å². The third-order valence-corrected chi connectivity index (χ3v) is 5.37. The second kappa shape index (κ2) is 10.3. The molecule has 2 amide bonds. The van der Waals surface area contributed by atoms with Crippen molar-refractivity contribution in [3.63, 3.8) is 0 Å². The minimum absolute atomic E-state index is 0.0668. The molecule has 0 saturated carbocycles. The van der Waals surface area contributed by atoms with Crippen molar-refractivity contribution in [3.05, 3.63) is 66.0 Å². The van der Waals surface area contributed by atoms with E-state index in [1.807, 2.05) is 44.2 Å². The molecule has 3 rings (SSSR count). The van der Waals surface area contributed by atoms with Crippen molar-refractivity contribution in [3.8, 4) is 0 Å². The van der Waals surface area contributed by atoms with E-state index in [0.717, 1.165) is 31.7 Å². The fourth-order valence-electron chi connectivity index (χ4n) is 3.96. The Morgan fingerprint density at radius 1 is 0.967 bits per heavy atom. The number of quaternary nitrogens is 2. The Bertz CT molecular complexity index is 834. The molecule has 0 aliphatic carbocycles. The Balaban J connectivity index is 1.67. The quantitative estimate of drug-likeness (QED) is 0.508. The van der Waals surface area contributed by atoms with Crippen molar-refractivity contribution in [2.24, 2.45) is 0 Å². The fraction of sp³-hybridized carbons (Fsp3) is 0.391. The normalized spacial score (nSPS) is 19.9. The van der Waals surface area contributed by atoms with E-state index in [4.69, 9.17) is 0 Å². The summed E-state index contributed by atoms with van der Waals surface area (Å²) in [6.45, 7) is 7.62. The van der Waals surface area contributed by atoms with Crippen LogP contribution >= 0.6 is 0 Å². The van der Waals surface area contributed by atoms with Gasteiger partial charge in [-0.1, -0.05) is 30.3 Å². The standard InChI is InChI=1S/C23H29FN4O2/c1-17(2)25-21(29)16-27-12-14-28(15-13-27)22(18-6-4-3-5-7-18)23(30)26-20-10-8-19(24)9-11-20/h3-11,17,22H,12-16H2,1-2H3,(H,25,29)(H,26,30)/p+2/t22-/m0/s1. The monoisotopic (exact) mass is 414 g/mol. The highest BCUT2D eigenvalue weighted by Crippen LogP contribution is 2.14. The van der Waals surface area contributed by atoms with Gasteiger partial charge in [0, 0.05) is 17.3 Å². The Labute approximate surface area is 177 Å². The third-order valence-electron chi connectivity index (χ3n) is 5.37. The average Bonchev–Trinajstić information content (AvgIpc) is 2.71. The van der Waals surface area contributed by atoms with Crippen LogP contribution in [-0.2, 0) is 9.59 Å². The zero-order valence-electron chi connectivity index (χ0n) is 17.6. The number of halogens is 1. The molecule has 1 fully saturated rings. The van der Waals surface area contributed by atoms with E-state index in [-0.39, 0.29) is 29.7 Å². The SMILES string of the molecule is CC(C)NC(=O)C[NH+]1CC[NH+]([C@H](C(=O)Nc2ccc(F)cc2)c2ccccc2)CC1. The van der Waals surface area contributed by atoms with Crippen molar-refractivity contribution in [1.82, 2.24) is 5.32 Å². The van der Waals surface area contributed by atoms with Crippen LogP contribution in [-0.4, -0.2) is 50.6 Å². The van der Waals surface area contributed by atoms with Crippen molar-refractivity contribution in [1.29, 1.82) is 0 Å². The van der Waals surface area contributed by atoms with E-state index in [9.17, 15) is 14.0 Å². The molecule has 1 aliphatic heterocycles. The molecular formula is C23H31FN4O2+2. The number of carbonyl (C=O) groups is 2. The molecule has 0 unspecified atom stereocenters. The smallest absolute Gasteiger partial charge is 0.287 e. The second-order valence-corrected chi connectivity index (χ2v) is 8.15. The topological polar surface area (TPSA) is 67.1 Å². The Kier molecular flexibility index (Phi) is 7.54. The van der Waals surface area contributed by atoms with Crippen LogP contribution < -0.4 is 20.4 Å². The van der Waals surface area contributed by atoms with Gasteiger partial charge in [-0.2, -0.15) is 0 Å².